The van der Waals surface area contributed by atoms with Gasteiger partial charge >= 0.3 is 0 Å². The van der Waals surface area contributed by atoms with E-state index >= 15 is 0 Å². The van der Waals surface area contributed by atoms with Crippen molar-refractivity contribution in [3.8, 4) is 11.5 Å². The van der Waals surface area contributed by atoms with Crippen molar-refractivity contribution in [1.29, 1.82) is 0 Å². The highest BCUT2D eigenvalue weighted by molar-refractivity contribution is 5.62. The molecule has 1 aromatic carbocycles. The number of rotatable bonds is 4. The fourth-order valence-corrected chi connectivity index (χ4v) is 6.20. The van der Waals surface area contributed by atoms with E-state index in [9.17, 15) is 10.2 Å². The minimum Gasteiger partial charge on any atom is -0.504 e. The largest absolute Gasteiger partial charge is 0.504 e. The van der Waals surface area contributed by atoms with Crippen LogP contribution in [0.1, 0.15) is 83.3 Å². The minimum absolute atomic E-state index is 0.193. The highest BCUT2D eigenvalue weighted by atomic mass is 16.5. The predicted octanol–water partition coefficient (Wildman–Crippen LogP) is 5.66. The van der Waals surface area contributed by atoms with Gasteiger partial charge in [-0.1, -0.05) is 65.5 Å². The molecule has 1 heterocycles. The third-order valence-corrected chi connectivity index (χ3v) is 7.88. The van der Waals surface area contributed by atoms with Gasteiger partial charge < -0.3 is 14.9 Å². The SMILES string of the molecule is C=C1CCC2(O)C(CC)Cc3ccc(O)c4c3C2(CCC)C1O4.CCC1CC1. The molecule has 154 valence electrons. The number of hydrogen-bond acceptors (Lipinski definition) is 3. The molecule has 0 radical (unpaired) electrons. The summed E-state index contributed by atoms with van der Waals surface area (Å²) in [5, 5.41) is 22.2. The molecule has 2 N–H and O–H groups in total. The second kappa shape index (κ2) is 7.09. The van der Waals surface area contributed by atoms with Crippen LogP contribution in [0.5, 0.6) is 11.5 Å². The third kappa shape index (κ3) is 2.65. The maximum Gasteiger partial charge on any atom is 0.166 e. The number of phenols is 1. The summed E-state index contributed by atoms with van der Waals surface area (Å²) in [6.45, 7) is 10.8. The molecule has 0 saturated heterocycles. The van der Waals surface area contributed by atoms with Gasteiger partial charge in [0.25, 0.3) is 0 Å². The molecule has 0 aromatic heterocycles. The molecule has 0 amide bonds. The van der Waals surface area contributed by atoms with Crippen molar-refractivity contribution in [1.82, 2.24) is 0 Å². The molecule has 4 unspecified atom stereocenters. The van der Waals surface area contributed by atoms with E-state index in [-0.39, 0.29) is 17.8 Å². The van der Waals surface area contributed by atoms with Crippen LogP contribution in [0.3, 0.4) is 0 Å². The van der Waals surface area contributed by atoms with Gasteiger partial charge in [0.2, 0.25) is 0 Å². The first-order chi connectivity index (χ1) is 13.4. The Balaban J connectivity index is 0.000000336. The normalized spacial score (nSPS) is 34.9. The smallest absolute Gasteiger partial charge is 0.166 e. The average molecular weight is 385 g/mol. The lowest BCUT2D eigenvalue weighted by Gasteiger charge is -2.58. The summed E-state index contributed by atoms with van der Waals surface area (Å²) in [7, 11) is 0. The van der Waals surface area contributed by atoms with Crippen molar-refractivity contribution in [2.75, 3.05) is 0 Å². The topological polar surface area (TPSA) is 49.7 Å². The fraction of sp³-hybridized carbons (Fsp3) is 0.680. The Morgan fingerprint density at radius 1 is 1.18 bits per heavy atom. The second-order valence-corrected chi connectivity index (χ2v) is 9.41. The Morgan fingerprint density at radius 2 is 1.93 bits per heavy atom. The Kier molecular flexibility index (Phi) is 5.02. The van der Waals surface area contributed by atoms with E-state index in [0.29, 0.717) is 5.75 Å². The Bertz CT molecular complexity index is 765. The highest BCUT2D eigenvalue weighted by Crippen LogP contribution is 2.65. The van der Waals surface area contributed by atoms with Crippen LogP contribution < -0.4 is 4.74 Å². The summed E-state index contributed by atoms with van der Waals surface area (Å²) in [6.07, 6.45) is 9.44. The first kappa shape index (κ1) is 19.8. The quantitative estimate of drug-likeness (QED) is 0.659. The van der Waals surface area contributed by atoms with Crippen LogP contribution in [0.15, 0.2) is 24.3 Å². The zero-order chi connectivity index (χ0) is 20.1. The van der Waals surface area contributed by atoms with Crippen LogP contribution in [-0.4, -0.2) is 21.9 Å². The van der Waals surface area contributed by atoms with Gasteiger partial charge in [-0.05, 0) is 54.7 Å². The molecule has 3 aliphatic carbocycles. The van der Waals surface area contributed by atoms with Gasteiger partial charge in [-0.3, -0.25) is 0 Å². The van der Waals surface area contributed by atoms with Gasteiger partial charge in [0, 0.05) is 5.56 Å². The summed E-state index contributed by atoms with van der Waals surface area (Å²) in [4.78, 5) is 0. The van der Waals surface area contributed by atoms with Crippen molar-refractivity contribution in [3.05, 3.63) is 35.4 Å². The number of hydrogen-bond donors (Lipinski definition) is 2. The molecule has 0 spiro atoms. The lowest BCUT2D eigenvalue weighted by atomic mass is 9.48. The lowest BCUT2D eigenvalue weighted by molar-refractivity contribution is -0.137. The summed E-state index contributed by atoms with van der Waals surface area (Å²) in [6, 6.07) is 3.77. The van der Waals surface area contributed by atoms with Crippen molar-refractivity contribution < 1.29 is 14.9 Å². The molecule has 0 bridgehead atoms. The molecule has 1 aromatic rings. The number of phenolic OH excluding ortho intramolecular Hbond substituents is 1. The average Bonchev–Trinajstić information content (AvgIpc) is 3.46. The standard InChI is InChI=1S/C20H26O3.C5H10/c1-4-9-19-16-13-6-7-15(21)17(16)23-18(19)12(3)8-10-20(19,22)14(5-2)11-13;1-2-5-3-4-5/h6-7,14,18,21-22H,3-5,8-11H2,1-2H3;5H,2-4H2,1H3. The van der Waals surface area contributed by atoms with Gasteiger partial charge in [0.15, 0.2) is 11.5 Å². The number of aliphatic hydroxyl groups is 1. The van der Waals surface area contributed by atoms with Crippen molar-refractivity contribution in [2.24, 2.45) is 11.8 Å². The molecule has 5 rings (SSSR count). The summed E-state index contributed by atoms with van der Waals surface area (Å²) in [5.41, 5.74) is 2.15. The van der Waals surface area contributed by atoms with E-state index in [1.54, 1.807) is 6.07 Å². The molecule has 4 atom stereocenters. The molecule has 2 fully saturated rings. The summed E-state index contributed by atoms with van der Waals surface area (Å²) < 4.78 is 6.25. The Morgan fingerprint density at radius 3 is 2.50 bits per heavy atom. The van der Waals surface area contributed by atoms with E-state index < -0.39 is 11.0 Å². The third-order valence-electron chi connectivity index (χ3n) is 7.88. The van der Waals surface area contributed by atoms with Crippen LogP contribution in [0.2, 0.25) is 0 Å². The zero-order valence-electron chi connectivity index (χ0n) is 17.8. The summed E-state index contributed by atoms with van der Waals surface area (Å²) >= 11 is 0. The van der Waals surface area contributed by atoms with Crippen molar-refractivity contribution >= 4 is 0 Å². The number of benzene rings is 1. The van der Waals surface area contributed by atoms with E-state index in [1.165, 1.54) is 24.8 Å². The van der Waals surface area contributed by atoms with Gasteiger partial charge in [0.05, 0.1) is 11.0 Å². The van der Waals surface area contributed by atoms with Crippen LogP contribution >= 0.6 is 0 Å². The molecule has 3 heteroatoms. The first-order valence-electron chi connectivity index (χ1n) is 11.3. The van der Waals surface area contributed by atoms with E-state index in [2.05, 4.69) is 27.4 Å². The van der Waals surface area contributed by atoms with Crippen LogP contribution in [0, 0.1) is 11.8 Å². The van der Waals surface area contributed by atoms with Crippen molar-refractivity contribution in [3.63, 3.8) is 0 Å². The minimum atomic E-state index is -0.768. The first-order valence-corrected chi connectivity index (χ1v) is 11.3. The van der Waals surface area contributed by atoms with Crippen LogP contribution in [0.25, 0.3) is 0 Å². The van der Waals surface area contributed by atoms with Gasteiger partial charge in [-0.2, -0.15) is 0 Å². The maximum absolute atomic E-state index is 11.9. The molecule has 2 saturated carbocycles. The molecule has 3 nitrogen and oxygen atoms in total. The van der Waals surface area contributed by atoms with Gasteiger partial charge in [-0.15, -0.1) is 0 Å². The number of aromatic hydroxyl groups is 1. The van der Waals surface area contributed by atoms with Crippen molar-refractivity contribution in [2.45, 2.75) is 95.7 Å². The zero-order valence-corrected chi connectivity index (χ0v) is 17.8. The Labute approximate surface area is 169 Å². The molecule has 1 aliphatic heterocycles. The lowest BCUT2D eigenvalue weighted by Crippen LogP contribution is -2.66. The van der Waals surface area contributed by atoms with E-state index in [4.69, 9.17) is 4.74 Å². The maximum atomic E-state index is 11.9. The van der Waals surface area contributed by atoms with Gasteiger partial charge in [0.1, 0.15) is 6.10 Å². The molecule has 4 aliphatic rings. The van der Waals surface area contributed by atoms with E-state index in [1.807, 2.05) is 6.07 Å². The molecular formula is C25H36O3. The number of ether oxygens (including phenoxy) is 1. The van der Waals surface area contributed by atoms with Crippen LogP contribution in [0.4, 0.5) is 0 Å². The monoisotopic (exact) mass is 384 g/mol. The predicted molar refractivity (Wildman–Crippen MR) is 113 cm³/mol. The highest BCUT2D eigenvalue weighted by Gasteiger charge is 2.68. The molecular weight excluding hydrogens is 348 g/mol. The van der Waals surface area contributed by atoms with Gasteiger partial charge in [-0.25, -0.2) is 0 Å². The fourth-order valence-electron chi connectivity index (χ4n) is 6.20. The second-order valence-electron chi connectivity index (χ2n) is 9.41. The van der Waals surface area contributed by atoms with Crippen LogP contribution in [-0.2, 0) is 11.8 Å². The summed E-state index contributed by atoms with van der Waals surface area (Å²) in [5.74, 6) is 2.15. The Hall–Kier alpha value is -1.48. The molecule has 28 heavy (non-hydrogen) atoms. The van der Waals surface area contributed by atoms with E-state index in [0.717, 1.165) is 55.6 Å².